The second-order valence-corrected chi connectivity index (χ2v) is 6.94. The van der Waals surface area contributed by atoms with Crippen LogP contribution in [0.3, 0.4) is 0 Å². The minimum Gasteiger partial charge on any atom is -0.350 e. The molecule has 2 N–H and O–H groups in total. The molecule has 0 radical (unpaired) electrons. The average molecular weight is 363 g/mol. The number of halogens is 1. The van der Waals surface area contributed by atoms with E-state index in [1.807, 2.05) is 45.9 Å². The Morgan fingerprint density at radius 1 is 1.18 bits per heavy atom. The molecule has 1 aromatic heterocycles. The Morgan fingerprint density at radius 2 is 1.82 bits per heavy atom. The summed E-state index contributed by atoms with van der Waals surface area (Å²) in [6.45, 7) is 8.03. The molecule has 0 fully saturated rings. The summed E-state index contributed by atoms with van der Waals surface area (Å²) in [5.41, 5.74) is 2.08. The lowest BCUT2D eigenvalue weighted by molar-refractivity contribution is 0.102. The Balaban J connectivity index is 2.08. The van der Waals surface area contributed by atoms with Crippen LogP contribution in [-0.4, -0.2) is 21.4 Å². The van der Waals surface area contributed by atoms with Crippen molar-refractivity contribution in [3.63, 3.8) is 0 Å². The van der Waals surface area contributed by atoms with Gasteiger partial charge in [-0.05, 0) is 51.5 Å². The number of anilines is 2. The third-order valence-corrected chi connectivity index (χ3v) is 3.71. The molecule has 5 nitrogen and oxygen atoms in total. The smallest absolute Gasteiger partial charge is 0.258 e. The van der Waals surface area contributed by atoms with Crippen LogP contribution in [0.15, 0.2) is 35.1 Å². The molecule has 0 spiro atoms. The summed E-state index contributed by atoms with van der Waals surface area (Å²) in [5.74, 6) is 0.271. The van der Waals surface area contributed by atoms with Gasteiger partial charge in [-0.25, -0.2) is 9.97 Å². The maximum absolute atomic E-state index is 12.2. The number of carbonyl (C=O) groups excluding carboxylic acids is 1. The first-order valence-corrected chi connectivity index (χ1v) is 7.72. The average Bonchev–Trinajstić information content (AvgIpc) is 2.42. The molecule has 1 heterocycles. The number of nitrogens with one attached hydrogen (secondary N) is 2. The van der Waals surface area contributed by atoms with E-state index in [4.69, 9.17) is 0 Å². The summed E-state index contributed by atoms with van der Waals surface area (Å²) in [6.07, 6.45) is 3.03. The Labute approximate surface area is 138 Å². The lowest BCUT2D eigenvalue weighted by atomic mass is 10.1. The molecule has 0 aliphatic carbocycles. The topological polar surface area (TPSA) is 66.9 Å². The first kappa shape index (κ1) is 16.4. The van der Waals surface area contributed by atoms with Crippen LogP contribution in [0.5, 0.6) is 0 Å². The second-order valence-electron chi connectivity index (χ2n) is 6.09. The van der Waals surface area contributed by atoms with E-state index < -0.39 is 0 Å². The van der Waals surface area contributed by atoms with E-state index in [0.717, 1.165) is 15.7 Å². The fraction of sp³-hybridized carbons (Fsp3) is 0.312. The van der Waals surface area contributed by atoms with E-state index in [0.29, 0.717) is 11.5 Å². The number of benzene rings is 1. The summed E-state index contributed by atoms with van der Waals surface area (Å²) >= 11 is 3.43. The van der Waals surface area contributed by atoms with Crippen molar-refractivity contribution in [3.05, 3.63) is 46.2 Å². The molecule has 1 aromatic carbocycles. The summed E-state index contributed by atoms with van der Waals surface area (Å²) in [7, 11) is 0. The normalized spacial score (nSPS) is 11.1. The molecule has 0 unspecified atom stereocenters. The number of hydrogen-bond acceptors (Lipinski definition) is 4. The molecule has 1 amide bonds. The lowest BCUT2D eigenvalue weighted by Gasteiger charge is -2.20. The molecule has 2 aromatic rings. The van der Waals surface area contributed by atoms with E-state index >= 15 is 0 Å². The second kappa shape index (κ2) is 6.44. The largest absolute Gasteiger partial charge is 0.350 e. The van der Waals surface area contributed by atoms with Gasteiger partial charge in [-0.3, -0.25) is 4.79 Å². The van der Waals surface area contributed by atoms with Gasteiger partial charge in [0.25, 0.3) is 5.91 Å². The number of nitrogens with zero attached hydrogens (tertiary/aromatic N) is 2. The molecule has 0 bridgehead atoms. The summed E-state index contributed by atoms with van der Waals surface area (Å²) in [5, 5.41) is 5.99. The van der Waals surface area contributed by atoms with Crippen molar-refractivity contribution in [1.82, 2.24) is 9.97 Å². The van der Waals surface area contributed by atoms with Crippen molar-refractivity contribution in [2.24, 2.45) is 0 Å². The van der Waals surface area contributed by atoms with Crippen molar-refractivity contribution >= 4 is 33.5 Å². The third-order valence-electron chi connectivity index (χ3n) is 2.82. The van der Waals surface area contributed by atoms with Gasteiger partial charge in [0.15, 0.2) is 0 Å². The van der Waals surface area contributed by atoms with Crippen molar-refractivity contribution in [1.29, 1.82) is 0 Å². The van der Waals surface area contributed by atoms with Crippen LogP contribution in [-0.2, 0) is 0 Å². The molecule has 2 rings (SSSR count). The number of aromatic nitrogens is 2. The van der Waals surface area contributed by atoms with Crippen LogP contribution >= 0.6 is 15.9 Å². The predicted molar refractivity (Wildman–Crippen MR) is 92.2 cm³/mol. The third kappa shape index (κ3) is 4.53. The van der Waals surface area contributed by atoms with Gasteiger partial charge in [0.2, 0.25) is 5.95 Å². The summed E-state index contributed by atoms with van der Waals surface area (Å²) < 4.78 is 1.01. The molecule has 0 aliphatic heterocycles. The van der Waals surface area contributed by atoms with Crippen LogP contribution in [0.25, 0.3) is 0 Å². The minimum atomic E-state index is -0.232. The Morgan fingerprint density at radius 3 is 2.36 bits per heavy atom. The van der Waals surface area contributed by atoms with Crippen molar-refractivity contribution in [2.45, 2.75) is 33.2 Å². The maximum Gasteiger partial charge on any atom is 0.258 e. The van der Waals surface area contributed by atoms with Gasteiger partial charge in [-0.2, -0.15) is 0 Å². The van der Waals surface area contributed by atoms with Crippen molar-refractivity contribution < 1.29 is 4.79 Å². The maximum atomic E-state index is 12.2. The van der Waals surface area contributed by atoms with Gasteiger partial charge in [-0.1, -0.05) is 15.9 Å². The molecule has 6 heteroatoms. The zero-order valence-electron chi connectivity index (χ0n) is 13.1. The van der Waals surface area contributed by atoms with Crippen LogP contribution in [0, 0.1) is 6.92 Å². The standard InChI is InChI=1S/C16H19BrN4O/c1-10-7-12(5-6-13(10)17)20-14(22)11-8-18-15(19-9-11)21-16(2,3)4/h5-9H,1-4H3,(H,20,22)(H,18,19,21). The molecule has 0 saturated heterocycles. The highest BCUT2D eigenvalue weighted by atomic mass is 79.9. The number of carbonyl (C=O) groups is 1. The first-order valence-electron chi connectivity index (χ1n) is 6.92. The number of amides is 1. The fourth-order valence-electron chi connectivity index (χ4n) is 1.77. The summed E-state index contributed by atoms with van der Waals surface area (Å²) in [6, 6.07) is 5.64. The van der Waals surface area contributed by atoms with Crippen molar-refractivity contribution in [3.8, 4) is 0 Å². The number of hydrogen-bond donors (Lipinski definition) is 2. The molecule has 22 heavy (non-hydrogen) atoms. The molecule has 0 atom stereocenters. The Kier molecular flexibility index (Phi) is 4.81. The van der Waals surface area contributed by atoms with Gasteiger partial charge in [-0.15, -0.1) is 0 Å². The minimum absolute atomic E-state index is 0.126. The Bertz CT molecular complexity index is 678. The SMILES string of the molecule is Cc1cc(NC(=O)c2cnc(NC(C)(C)C)nc2)ccc1Br. The van der Waals surface area contributed by atoms with Gasteiger partial charge in [0.05, 0.1) is 5.56 Å². The predicted octanol–water partition coefficient (Wildman–Crippen LogP) is 4.01. The van der Waals surface area contributed by atoms with Crippen LogP contribution in [0.2, 0.25) is 0 Å². The quantitative estimate of drug-likeness (QED) is 0.865. The van der Waals surface area contributed by atoms with E-state index in [1.54, 1.807) is 0 Å². The van der Waals surface area contributed by atoms with Gasteiger partial charge in [0, 0.05) is 28.1 Å². The lowest BCUT2D eigenvalue weighted by Crippen LogP contribution is -2.27. The van der Waals surface area contributed by atoms with E-state index in [9.17, 15) is 4.79 Å². The van der Waals surface area contributed by atoms with Gasteiger partial charge < -0.3 is 10.6 Å². The van der Waals surface area contributed by atoms with Gasteiger partial charge >= 0.3 is 0 Å². The molecular weight excluding hydrogens is 344 g/mol. The van der Waals surface area contributed by atoms with Crippen LogP contribution in [0.4, 0.5) is 11.6 Å². The number of rotatable bonds is 3. The zero-order chi connectivity index (χ0) is 16.3. The van der Waals surface area contributed by atoms with E-state index in [2.05, 4.69) is 36.5 Å². The molecule has 0 saturated carbocycles. The first-order chi connectivity index (χ1) is 10.2. The highest BCUT2D eigenvalue weighted by Gasteiger charge is 2.12. The summed E-state index contributed by atoms with van der Waals surface area (Å²) in [4.78, 5) is 20.5. The van der Waals surface area contributed by atoms with Crippen LogP contribution < -0.4 is 10.6 Å². The van der Waals surface area contributed by atoms with Crippen molar-refractivity contribution in [2.75, 3.05) is 10.6 Å². The number of aryl methyl sites for hydroxylation is 1. The van der Waals surface area contributed by atoms with E-state index in [-0.39, 0.29) is 11.4 Å². The molecule has 0 aliphatic rings. The highest BCUT2D eigenvalue weighted by Crippen LogP contribution is 2.20. The highest BCUT2D eigenvalue weighted by molar-refractivity contribution is 9.10. The zero-order valence-corrected chi connectivity index (χ0v) is 14.7. The molecular formula is C16H19BrN4O. The van der Waals surface area contributed by atoms with E-state index in [1.165, 1.54) is 12.4 Å². The Hall–Kier alpha value is -1.95. The van der Waals surface area contributed by atoms with Gasteiger partial charge in [0.1, 0.15) is 0 Å². The molecule has 116 valence electrons. The fourth-order valence-corrected chi connectivity index (χ4v) is 2.02. The monoisotopic (exact) mass is 362 g/mol. The van der Waals surface area contributed by atoms with Crippen LogP contribution in [0.1, 0.15) is 36.7 Å².